The zero-order valence-corrected chi connectivity index (χ0v) is 10.3. The first-order valence-electron chi connectivity index (χ1n) is 4.70. The Hall–Kier alpha value is -1.57. The molecule has 18 heavy (non-hydrogen) atoms. The minimum atomic E-state index is -4.81. The number of halogens is 3. The average molecular weight is 281 g/mol. The molecule has 0 bridgehead atoms. The van der Waals surface area contributed by atoms with Gasteiger partial charge in [0.1, 0.15) is 0 Å². The van der Waals surface area contributed by atoms with Gasteiger partial charge in [-0.15, -0.1) is 0 Å². The molecule has 0 unspecified atom stereocenters. The molecule has 0 saturated carbocycles. The average Bonchev–Trinajstić information content (AvgIpc) is 2.17. The summed E-state index contributed by atoms with van der Waals surface area (Å²) in [5.74, 6) is 0. The Morgan fingerprint density at radius 3 is 2.11 bits per heavy atom. The number of benzene rings is 1. The maximum absolute atomic E-state index is 12.7. The van der Waals surface area contributed by atoms with E-state index in [1.807, 2.05) is 0 Å². The normalized spacial score (nSPS) is 13.5. The van der Waals surface area contributed by atoms with E-state index in [0.717, 1.165) is 5.56 Å². The van der Waals surface area contributed by atoms with Crippen LogP contribution in [0.5, 0.6) is 0 Å². The van der Waals surface area contributed by atoms with Crippen molar-refractivity contribution in [2.24, 2.45) is 5.16 Å². The minimum absolute atomic E-state index is 0.267. The Bertz CT molecular complexity index is 547. The lowest BCUT2D eigenvalue weighted by molar-refractivity contribution is -0.0596. The summed E-state index contributed by atoms with van der Waals surface area (Å²) in [5, 5.41) is 2.67. The molecule has 1 aromatic carbocycles. The Labute approximate surface area is 102 Å². The third-order valence-corrected chi connectivity index (χ3v) is 2.20. The van der Waals surface area contributed by atoms with Crippen LogP contribution in [0.15, 0.2) is 29.4 Å². The molecule has 0 N–H and O–H groups in total. The molecule has 1 rings (SSSR count). The molecule has 0 aliphatic carbocycles. The monoisotopic (exact) mass is 281 g/mol. The second-order valence-corrected chi connectivity index (χ2v) is 5.14. The predicted molar refractivity (Wildman–Crippen MR) is 59.7 cm³/mol. The number of rotatable bonds is 3. The second-order valence-electron chi connectivity index (χ2n) is 3.58. The third kappa shape index (κ3) is 4.36. The van der Waals surface area contributed by atoms with Crippen LogP contribution in [0.1, 0.15) is 11.1 Å². The Kier molecular flexibility index (Phi) is 4.00. The van der Waals surface area contributed by atoms with Crippen LogP contribution in [0.25, 0.3) is 0 Å². The van der Waals surface area contributed by atoms with Crippen LogP contribution in [0.3, 0.4) is 0 Å². The lowest BCUT2D eigenvalue weighted by Gasteiger charge is -2.09. The molecule has 8 heteroatoms. The summed E-state index contributed by atoms with van der Waals surface area (Å²) in [4.78, 5) is 0. The van der Waals surface area contributed by atoms with Gasteiger partial charge < -0.3 is 0 Å². The van der Waals surface area contributed by atoms with E-state index in [-0.39, 0.29) is 5.56 Å². The quantitative estimate of drug-likeness (QED) is 0.630. The fraction of sp³-hybridized carbons (Fsp3) is 0.300. The molecule has 0 heterocycles. The van der Waals surface area contributed by atoms with Crippen LogP contribution in [0, 0.1) is 6.92 Å². The summed E-state index contributed by atoms with van der Waals surface area (Å²) in [6.45, 7) is 1.71. The van der Waals surface area contributed by atoms with E-state index in [2.05, 4.69) is 9.44 Å². The highest BCUT2D eigenvalue weighted by atomic mass is 32.2. The summed E-state index contributed by atoms with van der Waals surface area (Å²) in [6, 6.07) is 5.29. The fourth-order valence-corrected chi connectivity index (χ4v) is 1.29. The smallest absolute Gasteiger partial charge is 0.268 e. The van der Waals surface area contributed by atoms with Crippen molar-refractivity contribution in [3.8, 4) is 0 Å². The molecular weight excluding hydrogens is 271 g/mol. The van der Waals surface area contributed by atoms with E-state index in [1.54, 1.807) is 6.92 Å². The number of aryl methyl sites for hydroxylation is 1. The van der Waals surface area contributed by atoms with E-state index in [1.165, 1.54) is 24.3 Å². The number of nitrogens with zero attached hydrogens (tertiary/aromatic N) is 1. The molecule has 0 saturated heterocycles. The van der Waals surface area contributed by atoms with Gasteiger partial charge in [0.2, 0.25) is 0 Å². The maximum atomic E-state index is 12.7. The molecule has 1 aromatic rings. The van der Waals surface area contributed by atoms with Crippen LogP contribution in [-0.4, -0.2) is 26.6 Å². The van der Waals surface area contributed by atoms with Crippen LogP contribution in [0.4, 0.5) is 13.2 Å². The Morgan fingerprint density at radius 1 is 1.22 bits per heavy atom. The summed E-state index contributed by atoms with van der Waals surface area (Å²) < 4.78 is 63.2. The first-order chi connectivity index (χ1) is 8.09. The van der Waals surface area contributed by atoms with Gasteiger partial charge in [-0.2, -0.15) is 21.6 Å². The molecule has 0 fully saturated rings. The number of alkyl halides is 3. The van der Waals surface area contributed by atoms with Crippen LogP contribution in [-0.2, 0) is 14.4 Å². The molecular formula is C10H10F3NO3S. The number of hydrogen-bond donors (Lipinski definition) is 0. The zero-order chi connectivity index (χ0) is 14.0. The Balaban J connectivity index is 3.19. The molecule has 0 spiro atoms. The lowest BCUT2D eigenvalue weighted by atomic mass is 10.1. The maximum Gasteiger partial charge on any atom is 0.437 e. The van der Waals surface area contributed by atoms with E-state index < -0.39 is 22.0 Å². The van der Waals surface area contributed by atoms with Gasteiger partial charge >= 0.3 is 16.3 Å². The van der Waals surface area contributed by atoms with Crippen molar-refractivity contribution < 1.29 is 25.9 Å². The number of oxime groups is 1. The topological polar surface area (TPSA) is 55.7 Å². The SMILES string of the molecule is Cc1ccc(/C(=N/OS(C)(=O)=O)C(F)(F)F)cc1. The Morgan fingerprint density at radius 2 is 1.72 bits per heavy atom. The van der Waals surface area contributed by atoms with Crippen molar-refractivity contribution in [2.45, 2.75) is 13.1 Å². The highest BCUT2D eigenvalue weighted by Gasteiger charge is 2.38. The van der Waals surface area contributed by atoms with Gasteiger partial charge in [-0.05, 0) is 6.92 Å². The summed E-state index contributed by atoms with van der Waals surface area (Å²) in [7, 11) is -4.08. The van der Waals surface area contributed by atoms with Gasteiger partial charge in [-0.1, -0.05) is 35.0 Å². The van der Waals surface area contributed by atoms with Crippen molar-refractivity contribution in [2.75, 3.05) is 6.26 Å². The minimum Gasteiger partial charge on any atom is -0.268 e. The van der Waals surface area contributed by atoms with E-state index in [4.69, 9.17) is 0 Å². The molecule has 0 aliphatic heterocycles. The van der Waals surface area contributed by atoms with Gasteiger partial charge in [-0.25, -0.2) is 0 Å². The zero-order valence-electron chi connectivity index (χ0n) is 9.52. The van der Waals surface area contributed by atoms with E-state index in [9.17, 15) is 21.6 Å². The largest absolute Gasteiger partial charge is 0.437 e. The lowest BCUT2D eigenvalue weighted by Crippen LogP contribution is -2.24. The van der Waals surface area contributed by atoms with Gasteiger partial charge in [-0.3, -0.25) is 4.28 Å². The predicted octanol–water partition coefficient (Wildman–Crippen LogP) is 2.24. The van der Waals surface area contributed by atoms with Crippen molar-refractivity contribution in [3.05, 3.63) is 35.4 Å². The van der Waals surface area contributed by atoms with E-state index in [0.29, 0.717) is 6.26 Å². The molecule has 0 radical (unpaired) electrons. The summed E-state index contributed by atoms with van der Waals surface area (Å²) in [5.41, 5.74) is -0.894. The molecule has 0 atom stereocenters. The first-order valence-corrected chi connectivity index (χ1v) is 6.52. The standard InChI is InChI=1S/C10H10F3NO3S/c1-7-3-5-8(6-4-7)9(10(11,12)13)14-17-18(2,15)16/h3-6H,1-2H3/b14-9-. The van der Waals surface area contributed by atoms with Crippen molar-refractivity contribution in [3.63, 3.8) is 0 Å². The van der Waals surface area contributed by atoms with Crippen molar-refractivity contribution >= 4 is 15.8 Å². The van der Waals surface area contributed by atoms with Gasteiger partial charge in [0.15, 0.2) is 5.71 Å². The number of hydrogen-bond acceptors (Lipinski definition) is 4. The van der Waals surface area contributed by atoms with Crippen LogP contribution >= 0.6 is 0 Å². The summed E-state index contributed by atoms with van der Waals surface area (Å²) in [6.07, 6.45) is -4.19. The molecule has 100 valence electrons. The van der Waals surface area contributed by atoms with Gasteiger partial charge in [0.25, 0.3) is 0 Å². The third-order valence-electron chi connectivity index (χ3n) is 1.86. The van der Waals surface area contributed by atoms with Crippen LogP contribution in [0.2, 0.25) is 0 Å². The van der Waals surface area contributed by atoms with Gasteiger partial charge in [0, 0.05) is 5.56 Å². The van der Waals surface area contributed by atoms with Crippen LogP contribution < -0.4 is 0 Å². The first kappa shape index (κ1) is 14.5. The van der Waals surface area contributed by atoms with E-state index >= 15 is 0 Å². The fourth-order valence-electron chi connectivity index (χ4n) is 1.08. The molecule has 0 aliphatic rings. The molecule has 4 nitrogen and oxygen atoms in total. The second kappa shape index (κ2) is 4.97. The van der Waals surface area contributed by atoms with Gasteiger partial charge in [0.05, 0.1) is 6.26 Å². The highest BCUT2D eigenvalue weighted by Crippen LogP contribution is 2.23. The summed E-state index contributed by atoms with van der Waals surface area (Å²) >= 11 is 0. The molecule has 0 aromatic heterocycles. The highest BCUT2D eigenvalue weighted by molar-refractivity contribution is 7.85. The van der Waals surface area contributed by atoms with Crippen molar-refractivity contribution in [1.82, 2.24) is 0 Å². The van der Waals surface area contributed by atoms with Crippen molar-refractivity contribution in [1.29, 1.82) is 0 Å². The molecule has 0 amide bonds.